The van der Waals surface area contributed by atoms with Gasteiger partial charge >= 0.3 is 5.97 Å². The van der Waals surface area contributed by atoms with E-state index in [1.165, 1.54) is 0 Å². The minimum atomic E-state index is -0.767. The second-order valence-corrected chi connectivity index (χ2v) is 5.51. The normalized spacial score (nSPS) is 13.0. The molecule has 0 spiro atoms. The zero-order valence-electron chi connectivity index (χ0n) is 13.0. The fraction of sp³-hybridized carbons (Fsp3) is 0.533. The van der Waals surface area contributed by atoms with Crippen molar-refractivity contribution in [2.24, 2.45) is 5.92 Å². The van der Waals surface area contributed by atoms with Gasteiger partial charge in [-0.3, -0.25) is 14.1 Å². The molecule has 2 rings (SSSR count). The zero-order chi connectivity index (χ0) is 15.6. The molecule has 2 heterocycles. The molecule has 2 aromatic rings. The van der Waals surface area contributed by atoms with Gasteiger partial charge in [0.2, 0.25) is 5.78 Å². The van der Waals surface area contributed by atoms with Crippen LogP contribution in [0.5, 0.6) is 0 Å². The number of fused-ring (bicyclic) bond motifs is 1. The summed E-state index contributed by atoms with van der Waals surface area (Å²) >= 11 is 0. The van der Waals surface area contributed by atoms with E-state index in [2.05, 4.69) is 14.9 Å². The maximum atomic E-state index is 11.0. The molecule has 1 N–H and O–H groups in total. The summed E-state index contributed by atoms with van der Waals surface area (Å²) in [4.78, 5) is 22.0. The molecule has 21 heavy (non-hydrogen) atoms. The highest BCUT2D eigenvalue weighted by Gasteiger charge is 2.16. The third kappa shape index (κ3) is 3.58. The van der Waals surface area contributed by atoms with Crippen molar-refractivity contribution >= 4 is 11.7 Å². The second-order valence-electron chi connectivity index (χ2n) is 5.51. The number of carboxylic acids is 1. The Balaban J connectivity index is 2.18. The van der Waals surface area contributed by atoms with E-state index in [1.54, 1.807) is 6.92 Å². The average molecular weight is 290 g/mol. The Labute approximate surface area is 124 Å². The molecule has 0 aliphatic heterocycles. The van der Waals surface area contributed by atoms with Gasteiger partial charge in [0, 0.05) is 30.7 Å². The van der Waals surface area contributed by atoms with E-state index in [-0.39, 0.29) is 5.92 Å². The Morgan fingerprint density at radius 2 is 2.14 bits per heavy atom. The summed E-state index contributed by atoms with van der Waals surface area (Å²) in [6.45, 7) is 9.67. The Morgan fingerprint density at radius 3 is 2.76 bits per heavy atom. The number of carboxylic acid groups (broad SMARTS) is 1. The van der Waals surface area contributed by atoms with Crippen LogP contribution in [0.3, 0.4) is 0 Å². The maximum Gasteiger partial charge on any atom is 0.307 e. The number of hydrogen-bond acceptors (Lipinski definition) is 4. The highest BCUT2D eigenvalue weighted by Crippen LogP contribution is 2.11. The first-order valence-corrected chi connectivity index (χ1v) is 7.18. The van der Waals surface area contributed by atoms with Crippen LogP contribution in [0.1, 0.15) is 30.9 Å². The average Bonchev–Trinajstić information content (AvgIpc) is 2.80. The van der Waals surface area contributed by atoms with Crippen molar-refractivity contribution in [2.75, 3.05) is 13.1 Å². The summed E-state index contributed by atoms with van der Waals surface area (Å²) in [6.07, 6.45) is 1.98. The van der Waals surface area contributed by atoms with Crippen LogP contribution < -0.4 is 0 Å². The van der Waals surface area contributed by atoms with E-state index in [9.17, 15) is 4.79 Å². The maximum absolute atomic E-state index is 11.0. The highest BCUT2D eigenvalue weighted by atomic mass is 16.4. The SMILES string of the molecule is CCN(Cc1cn2c(C)cc(C)nc2n1)CC(C)C(=O)O. The molecule has 0 saturated carbocycles. The third-order valence-corrected chi connectivity index (χ3v) is 3.60. The minimum absolute atomic E-state index is 0.385. The monoisotopic (exact) mass is 290 g/mol. The van der Waals surface area contributed by atoms with Crippen molar-refractivity contribution in [1.29, 1.82) is 0 Å². The van der Waals surface area contributed by atoms with Gasteiger partial charge in [-0.2, -0.15) is 0 Å². The van der Waals surface area contributed by atoms with E-state index in [0.29, 0.717) is 18.9 Å². The zero-order valence-corrected chi connectivity index (χ0v) is 13.0. The van der Waals surface area contributed by atoms with Gasteiger partial charge < -0.3 is 5.11 Å². The van der Waals surface area contributed by atoms with Crippen LogP contribution in [0.4, 0.5) is 0 Å². The Hall–Kier alpha value is -1.95. The topological polar surface area (TPSA) is 70.7 Å². The van der Waals surface area contributed by atoms with Crippen LogP contribution in [0.25, 0.3) is 5.78 Å². The summed E-state index contributed by atoms with van der Waals surface area (Å²) in [5.74, 6) is -0.453. The molecule has 0 aliphatic rings. The fourth-order valence-corrected chi connectivity index (χ4v) is 2.39. The number of aryl methyl sites for hydroxylation is 2. The lowest BCUT2D eigenvalue weighted by atomic mass is 10.1. The molecule has 6 heteroatoms. The summed E-state index contributed by atoms with van der Waals surface area (Å²) in [5, 5.41) is 9.02. The number of carbonyl (C=O) groups is 1. The summed E-state index contributed by atoms with van der Waals surface area (Å²) in [6, 6.07) is 2.02. The van der Waals surface area contributed by atoms with Gasteiger partial charge in [0.05, 0.1) is 11.6 Å². The molecule has 0 saturated heterocycles. The Kier molecular flexibility index (Phi) is 4.57. The van der Waals surface area contributed by atoms with E-state index in [4.69, 9.17) is 5.11 Å². The van der Waals surface area contributed by atoms with Crippen molar-refractivity contribution in [2.45, 2.75) is 34.2 Å². The first kappa shape index (κ1) is 15.4. The standard InChI is InChI=1S/C15H22N4O2/c1-5-18(7-10(2)14(20)21)8-13-9-19-12(4)6-11(3)16-15(19)17-13/h6,9-10H,5,7-8H2,1-4H3,(H,20,21). The number of aromatic nitrogens is 3. The van der Waals surface area contributed by atoms with Gasteiger partial charge in [-0.1, -0.05) is 13.8 Å². The Morgan fingerprint density at radius 1 is 1.43 bits per heavy atom. The molecule has 6 nitrogen and oxygen atoms in total. The third-order valence-electron chi connectivity index (χ3n) is 3.60. The van der Waals surface area contributed by atoms with Crippen molar-refractivity contribution in [3.63, 3.8) is 0 Å². The summed E-state index contributed by atoms with van der Waals surface area (Å²) < 4.78 is 1.97. The predicted octanol–water partition coefficient (Wildman–Crippen LogP) is 1.89. The molecule has 0 aliphatic carbocycles. The molecular formula is C15H22N4O2. The molecule has 0 amide bonds. The van der Waals surface area contributed by atoms with E-state index in [1.807, 2.05) is 37.4 Å². The molecule has 0 fully saturated rings. The Bertz CT molecular complexity index is 650. The number of rotatable bonds is 6. The van der Waals surface area contributed by atoms with E-state index < -0.39 is 5.97 Å². The van der Waals surface area contributed by atoms with Gasteiger partial charge in [0.25, 0.3) is 0 Å². The lowest BCUT2D eigenvalue weighted by molar-refractivity contribution is -0.141. The first-order chi connectivity index (χ1) is 9.90. The smallest absolute Gasteiger partial charge is 0.307 e. The summed E-state index contributed by atoms with van der Waals surface area (Å²) in [5.41, 5.74) is 2.96. The van der Waals surface area contributed by atoms with E-state index >= 15 is 0 Å². The van der Waals surface area contributed by atoms with E-state index in [0.717, 1.165) is 23.6 Å². The molecule has 0 radical (unpaired) electrons. The van der Waals surface area contributed by atoms with Crippen molar-refractivity contribution in [1.82, 2.24) is 19.3 Å². The van der Waals surface area contributed by atoms with Crippen LogP contribution in [0.2, 0.25) is 0 Å². The molecule has 0 bridgehead atoms. The van der Waals surface area contributed by atoms with Crippen LogP contribution in [-0.2, 0) is 11.3 Å². The van der Waals surface area contributed by atoms with Crippen LogP contribution in [0, 0.1) is 19.8 Å². The number of aliphatic carboxylic acids is 1. The highest BCUT2D eigenvalue weighted by molar-refractivity contribution is 5.69. The van der Waals surface area contributed by atoms with Gasteiger partial charge in [-0.25, -0.2) is 9.97 Å². The minimum Gasteiger partial charge on any atom is -0.481 e. The van der Waals surface area contributed by atoms with Crippen LogP contribution in [-0.4, -0.2) is 43.4 Å². The molecular weight excluding hydrogens is 268 g/mol. The fourth-order valence-electron chi connectivity index (χ4n) is 2.39. The first-order valence-electron chi connectivity index (χ1n) is 7.18. The largest absolute Gasteiger partial charge is 0.481 e. The van der Waals surface area contributed by atoms with Crippen molar-refractivity contribution < 1.29 is 9.90 Å². The number of imidazole rings is 1. The number of nitrogens with zero attached hydrogens (tertiary/aromatic N) is 4. The van der Waals surface area contributed by atoms with Gasteiger partial charge in [-0.15, -0.1) is 0 Å². The molecule has 2 aromatic heterocycles. The second kappa shape index (κ2) is 6.22. The molecule has 1 unspecified atom stereocenters. The van der Waals surface area contributed by atoms with Gasteiger partial charge in [-0.05, 0) is 26.5 Å². The molecule has 0 aromatic carbocycles. The lowest BCUT2D eigenvalue weighted by Gasteiger charge is -2.21. The summed E-state index contributed by atoms with van der Waals surface area (Å²) in [7, 11) is 0. The molecule has 1 atom stereocenters. The van der Waals surface area contributed by atoms with Crippen molar-refractivity contribution in [3.05, 3.63) is 29.3 Å². The van der Waals surface area contributed by atoms with Crippen LogP contribution >= 0.6 is 0 Å². The quantitative estimate of drug-likeness (QED) is 0.879. The molecule has 114 valence electrons. The van der Waals surface area contributed by atoms with Crippen LogP contribution in [0.15, 0.2) is 12.3 Å². The predicted molar refractivity (Wildman–Crippen MR) is 80.2 cm³/mol. The number of hydrogen-bond donors (Lipinski definition) is 1. The lowest BCUT2D eigenvalue weighted by Crippen LogP contribution is -2.31. The van der Waals surface area contributed by atoms with Crippen molar-refractivity contribution in [3.8, 4) is 0 Å². The van der Waals surface area contributed by atoms with Gasteiger partial charge in [0.15, 0.2) is 0 Å². The van der Waals surface area contributed by atoms with Gasteiger partial charge in [0.1, 0.15) is 0 Å².